The Hall–Kier alpha value is -3.64. The summed E-state index contributed by atoms with van der Waals surface area (Å²) in [5.41, 5.74) is 2.06. The lowest BCUT2D eigenvalue weighted by Gasteiger charge is -2.42. The molecule has 3 aromatic carbocycles. The molecule has 0 aromatic heterocycles. The number of para-hydroxylation sites is 1. The van der Waals surface area contributed by atoms with Crippen molar-refractivity contribution in [2.75, 3.05) is 10.2 Å². The Morgan fingerprint density at radius 1 is 1.00 bits per heavy atom. The second-order valence-electron chi connectivity index (χ2n) is 7.67. The Bertz CT molecular complexity index is 1110. The molecule has 1 heterocycles. The van der Waals surface area contributed by atoms with Gasteiger partial charge in [-0.2, -0.15) is 0 Å². The van der Waals surface area contributed by atoms with Gasteiger partial charge in [-0.1, -0.05) is 67.1 Å². The zero-order valence-corrected chi connectivity index (χ0v) is 17.6. The van der Waals surface area contributed by atoms with Crippen molar-refractivity contribution in [1.29, 1.82) is 0 Å². The van der Waals surface area contributed by atoms with Gasteiger partial charge in [-0.15, -0.1) is 0 Å². The van der Waals surface area contributed by atoms with Gasteiger partial charge in [-0.3, -0.25) is 9.69 Å². The zero-order valence-electron chi connectivity index (χ0n) is 17.6. The smallest absolute Gasteiger partial charge is 0.329 e. The van der Waals surface area contributed by atoms with Crippen molar-refractivity contribution >= 4 is 23.3 Å². The fraction of sp³-hybridized carbons (Fsp3) is 0.200. The number of fused-ring (bicyclic) bond motifs is 1. The largest absolute Gasteiger partial charge is 0.359 e. The summed E-state index contributed by atoms with van der Waals surface area (Å²) in [6, 6.07) is 21.2. The first-order valence-corrected chi connectivity index (χ1v) is 10.3. The van der Waals surface area contributed by atoms with Gasteiger partial charge < -0.3 is 15.7 Å². The van der Waals surface area contributed by atoms with Crippen LogP contribution in [0.15, 0.2) is 72.8 Å². The minimum Gasteiger partial charge on any atom is -0.359 e. The number of benzene rings is 3. The molecule has 3 aromatic rings. The molecule has 1 atom stereocenters. The maximum Gasteiger partial charge on any atom is 0.329 e. The number of aliphatic hydroxyl groups is 1. The quantitative estimate of drug-likeness (QED) is 0.588. The van der Waals surface area contributed by atoms with Crippen LogP contribution in [-0.4, -0.2) is 17.0 Å². The maximum absolute atomic E-state index is 13.4. The molecular formula is C25H25N3O3. The molecule has 1 aliphatic rings. The molecule has 0 saturated carbocycles. The standard InChI is InChI=1S/C25H25N3O3/c1-3-18-12-14-20(15-13-18)28-24(30)27-22-7-5-4-6-21(22)25(28,31)23(29)26-16-19-10-8-17(2)9-11-19/h4-15,31H,3,16H2,1-2H3,(H,26,29)(H,27,30)/t25-/m0/s1. The van der Waals surface area contributed by atoms with Gasteiger partial charge in [0, 0.05) is 17.8 Å². The summed E-state index contributed by atoms with van der Waals surface area (Å²) in [6.07, 6.45) is 0.844. The molecule has 6 heteroatoms. The Kier molecular flexibility index (Phi) is 5.48. The average Bonchev–Trinajstić information content (AvgIpc) is 2.79. The Morgan fingerprint density at radius 3 is 2.32 bits per heavy atom. The number of hydrogen-bond acceptors (Lipinski definition) is 3. The normalized spacial score (nSPS) is 17.6. The van der Waals surface area contributed by atoms with E-state index in [0.29, 0.717) is 16.9 Å². The summed E-state index contributed by atoms with van der Waals surface area (Å²) >= 11 is 0. The van der Waals surface area contributed by atoms with Crippen molar-refractivity contribution in [2.24, 2.45) is 0 Å². The Morgan fingerprint density at radius 2 is 1.65 bits per heavy atom. The van der Waals surface area contributed by atoms with Gasteiger partial charge in [0.25, 0.3) is 11.6 Å². The van der Waals surface area contributed by atoms with E-state index in [1.54, 1.807) is 36.4 Å². The van der Waals surface area contributed by atoms with Gasteiger partial charge in [-0.05, 0) is 42.7 Å². The van der Waals surface area contributed by atoms with Crippen LogP contribution in [0.2, 0.25) is 0 Å². The van der Waals surface area contributed by atoms with Crippen LogP contribution in [0.4, 0.5) is 16.2 Å². The molecular weight excluding hydrogens is 390 g/mol. The molecule has 0 spiro atoms. The van der Waals surface area contributed by atoms with E-state index < -0.39 is 17.7 Å². The average molecular weight is 415 g/mol. The van der Waals surface area contributed by atoms with Gasteiger partial charge in [0.2, 0.25) is 0 Å². The lowest BCUT2D eigenvalue weighted by Crippen LogP contribution is -2.62. The van der Waals surface area contributed by atoms with Crippen LogP contribution < -0.4 is 15.5 Å². The van der Waals surface area contributed by atoms with E-state index in [2.05, 4.69) is 10.6 Å². The molecule has 31 heavy (non-hydrogen) atoms. The molecule has 0 radical (unpaired) electrons. The molecule has 0 bridgehead atoms. The van der Waals surface area contributed by atoms with E-state index in [1.165, 1.54) is 0 Å². The van der Waals surface area contributed by atoms with Crippen LogP contribution in [0.5, 0.6) is 0 Å². The topological polar surface area (TPSA) is 81.7 Å². The number of nitrogens with zero attached hydrogens (tertiary/aromatic N) is 1. The van der Waals surface area contributed by atoms with E-state index in [1.807, 2.05) is 50.2 Å². The molecule has 4 rings (SSSR count). The molecule has 1 aliphatic heterocycles. The van der Waals surface area contributed by atoms with Crippen molar-refractivity contribution in [3.05, 3.63) is 95.1 Å². The number of nitrogens with one attached hydrogen (secondary N) is 2. The molecule has 3 N–H and O–H groups in total. The lowest BCUT2D eigenvalue weighted by molar-refractivity contribution is -0.140. The van der Waals surface area contributed by atoms with Crippen molar-refractivity contribution in [2.45, 2.75) is 32.5 Å². The molecule has 0 saturated heterocycles. The number of carbonyl (C=O) groups is 2. The van der Waals surface area contributed by atoms with E-state index in [4.69, 9.17) is 0 Å². The van der Waals surface area contributed by atoms with Gasteiger partial charge in [-0.25, -0.2) is 4.79 Å². The minimum absolute atomic E-state index is 0.230. The zero-order chi connectivity index (χ0) is 22.0. The number of aryl methyl sites for hydroxylation is 2. The van der Waals surface area contributed by atoms with E-state index in [-0.39, 0.29) is 6.54 Å². The van der Waals surface area contributed by atoms with Crippen molar-refractivity contribution < 1.29 is 14.7 Å². The van der Waals surface area contributed by atoms with Crippen LogP contribution in [0.25, 0.3) is 0 Å². The number of rotatable bonds is 5. The molecule has 6 nitrogen and oxygen atoms in total. The Balaban J connectivity index is 1.73. The van der Waals surface area contributed by atoms with Crippen LogP contribution in [0.3, 0.4) is 0 Å². The maximum atomic E-state index is 13.4. The summed E-state index contributed by atoms with van der Waals surface area (Å²) < 4.78 is 0. The SMILES string of the molecule is CCc1ccc(N2C(=O)Nc3ccccc3[C@]2(O)C(=O)NCc2ccc(C)cc2)cc1. The number of amides is 3. The lowest BCUT2D eigenvalue weighted by atomic mass is 9.94. The number of hydrogen-bond donors (Lipinski definition) is 3. The van der Waals surface area contributed by atoms with Crippen molar-refractivity contribution in [3.63, 3.8) is 0 Å². The summed E-state index contributed by atoms with van der Waals surface area (Å²) in [4.78, 5) is 27.5. The number of urea groups is 1. The highest BCUT2D eigenvalue weighted by Crippen LogP contribution is 2.39. The van der Waals surface area contributed by atoms with Gasteiger partial charge in [0.15, 0.2) is 0 Å². The van der Waals surface area contributed by atoms with Crippen LogP contribution in [0, 0.1) is 6.92 Å². The summed E-state index contributed by atoms with van der Waals surface area (Å²) in [7, 11) is 0. The van der Waals surface area contributed by atoms with Gasteiger partial charge in [0.05, 0.1) is 5.69 Å². The predicted molar refractivity (Wildman–Crippen MR) is 121 cm³/mol. The van der Waals surface area contributed by atoms with Crippen molar-refractivity contribution in [3.8, 4) is 0 Å². The first-order chi connectivity index (χ1) is 14.9. The van der Waals surface area contributed by atoms with Crippen molar-refractivity contribution in [1.82, 2.24) is 5.32 Å². The first-order valence-electron chi connectivity index (χ1n) is 10.3. The molecule has 3 amide bonds. The predicted octanol–water partition coefficient (Wildman–Crippen LogP) is 4.07. The van der Waals surface area contributed by atoms with E-state index >= 15 is 0 Å². The second-order valence-corrected chi connectivity index (χ2v) is 7.67. The Labute approximate surface area is 181 Å². The monoisotopic (exact) mass is 415 g/mol. The van der Waals surface area contributed by atoms with Gasteiger partial charge >= 0.3 is 6.03 Å². The third-order valence-electron chi connectivity index (χ3n) is 5.56. The van der Waals surface area contributed by atoms with Crippen LogP contribution >= 0.6 is 0 Å². The van der Waals surface area contributed by atoms with Crippen LogP contribution in [-0.2, 0) is 23.5 Å². The second kappa shape index (κ2) is 8.24. The third-order valence-corrected chi connectivity index (χ3v) is 5.56. The minimum atomic E-state index is -2.20. The third kappa shape index (κ3) is 3.78. The highest BCUT2D eigenvalue weighted by Gasteiger charge is 2.51. The van der Waals surface area contributed by atoms with E-state index in [9.17, 15) is 14.7 Å². The molecule has 158 valence electrons. The van der Waals surface area contributed by atoms with Gasteiger partial charge in [0.1, 0.15) is 0 Å². The summed E-state index contributed by atoms with van der Waals surface area (Å²) in [5, 5.41) is 17.4. The fourth-order valence-corrected chi connectivity index (χ4v) is 3.75. The summed E-state index contributed by atoms with van der Waals surface area (Å²) in [5.74, 6) is -0.671. The molecule has 0 aliphatic carbocycles. The van der Waals surface area contributed by atoms with E-state index in [0.717, 1.165) is 28.0 Å². The first kappa shape index (κ1) is 20.6. The van der Waals surface area contributed by atoms with Crippen LogP contribution in [0.1, 0.15) is 29.2 Å². The molecule has 0 unspecified atom stereocenters. The summed E-state index contributed by atoms with van der Waals surface area (Å²) in [6.45, 7) is 4.26. The number of carbonyl (C=O) groups excluding carboxylic acids is 2. The fourth-order valence-electron chi connectivity index (χ4n) is 3.75. The number of anilines is 2. The highest BCUT2D eigenvalue weighted by molar-refractivity contribution is 6.11. The molecule has 0 fully saturated rings. The highest BCUT2D eigenvalue weighted by atomic mass is 16.3.